The number of nitrogens with zero attached hydrogens (tertiary/aromatic N) is 2. The summed E-state index contributed by atoms with van der Waals surface area (Å²) in [5.41, 5.74) is 2.37. The van der Waals surface area contributed by atoms with Gasteiger partial charge < -0.3 is 14.0 Å². The number of methoxy groups -OCH3 is 1. The van der Waals surface area contributed by atoms with Gasteiger partial charge in [-0.05, 0) is 48.0 Å². The van der Waals surface area contributed by atoms with Gasteiger partial charge in [0.15, 0.2) is 17.3 Å². The summed E-state index contributed by atoms with van der Waals surface area (Å²) in [6.45, 7) is 0.166. The van der Waals surface area contributed by atoms with E-state index in [2.05, 4.69) is 10.9 Å². The van der Waals surface area contributed by atoms with Crippen LogP contribution in [0, 0.1) is 12.3 Å². The van der Waals surface area contributed by atoms with Crippen molar-refractivity contribution in [1.29, 1.82) is 0 Å². The van der Waals surface area contributed by atoms with Crippen LogP contribution in [-0.4, -0.2) is 29.1 Å². The zero-order valence-electron chi connectivity index (χ0n) is 14.8. The largest absolute Gasteiger partial charge is 0.493 e. The molecule has 0 amide bonds. The van der Waals surface area contributed by atoms with Gasteiger partial charge in [0.05, 0.1) is 13.4 Å². The van der Waals surface area contributed by atoms with Gasteiger partial charge >= 0.3 is 0 Å². The molecule has 0 aliphatic carbocycles. The molecule has 0 unspecified atom stereocenters. The van der Waals surface area contributed by atoms with Crippen LogP contribution in [0.5, 0.6) is 11.5 Å². The normalized spacial score (nSPS) is 10.5. The monoisotopic (exact) mass is 358 g/mol. The Morgan fingerprint density at radius 1 is 1.22 bits per heavy atom. The summed E-state index contributed by atoms with van der Waals surface area (Å²) in [6, 6.07) is 12.7. The van der Waals surface area contributed by atoms with Crippen LogP contribution in [0.3, 0.4) is 0 Å². The number of imidazole rings is 1. The zero-order chi connectivity index (χ0) is 19.1. The molecule has 1 aromatic heterocycles. The van der Waals surface area contributed by atoms with Crippen LogP contribution in [0.25, 0.3) is 11.8 Å². The van der Waals surface area contributed by atoms with E-state index >= 15 is 0 Å². The first-order valence-electron chi connectivity index (χ1n) is 8.26. The van der Waals surface area contributed by atoms with E-state index < -0.39 is 0 Å². The van der Waals surface area contributed by atoms with Crippen molar-refractivity contribution in [3.05, 3.63) is 78.4 Å². The van der Waals surface area contributed by atoms with Gasteiger partial charge in [-0.1, -0.05) is 18.1 Å². The van der Waals surface area contributed by atoms with Crippen LogP contribution >= 0.6 is 0 Å². The number of carbonyl (C=O) groups excluding carboxylic acids is 1. The van der Waals surface area contributed by atoms with Gasteiger partial charge in [0.25, 0.3) is 0 Å². The topological polar surface area (TPSA) is 53.4 Å². The number of carbonyl (C=O) groups is 1. The van der Waals surface area contributed by atoms with Crippen molar-refractivity contribution >= 4 is 11.9 Å². The van der Waals surface area contributed by atoms with E-state index in [1.54, 1.807) is 50.0 Å². The Kier molecular flexibility index (Phi) is 5.70. The van der Waals surface area contributed by atoms with Crippen molar-refractivity contribution in [3.8, 4) is 29.5 Å². The van der Waals surface area contributed by atoms with E-state index in [-0.39, 0.29) is 12.4 Å². The summed E-state index contributed by atoms with van der Waals surface area (Å²) in [7, 11) is 1.55. The molecule has 0 fully saturated rings. The molecule has 0 saturated carbocycles. The van der Waals surface area contributed by atoms with Crippen molar-refractivity contribution < 1.29 is 14.3 Å². The van der Waals surface area contributed by atoms with E-state index in [0.717, 1.165) is 11.3 Å². The predicted octanol–water partition coefficient (Wildman–Crippen LogP) is 3.79. The van der Waals surface area contributed by atoms with E-state index in [4.69, 9.17) is 15.9 Å². The molecular formula is C22H18N2O3. The van der Waals surface area contributed by atoms with Gasteiger partial charge in [-0.3, -0.25) is 4.79 Å². The molecule has 0 spiro atoms. The molecule has 5 heteroatoms. The molecule has 27 heavy (non-hydrogen) atoms. The van der Waals surface area contributed by atoms with Crippen molar-refractivity contribution in [3.63, 3.8) is 0 Å². The Morgan fingerprint density at radius 2 is 2.04 bits per heavy atom. The third-order valence-electron chi connectivity index (χ3n) is 3.88. The lowest BCUT2D eigenvalue weighted by atomic mass is 10.1. The second kappa shape index (κ2) is 8.54. The average molecular weight is 358 g/mol. The average Bonchev–Trinajstić information content (AvgIpc) is 3.25. The smallest absolute Gasteiger partial charge is 0.185 e. The van der Waals surface area contributed by atoms with E-state index in [9.17, 15) is 4.79 Å². The standard InChI is InChI=1S/C22H18N2O3/c1-3-14-27-21-11-5-17(15-22(21)26-2)4-10-20(25)18-6-8-19(9-7-18)24-13-12-23-16-24/h1,4-13,15-16H,14H2,2H3/b10-4+. The number of terminal acetylenes is 1. The number of aromatic nitrogens is 2. The maximum absolute atomic E-state index is 12.4. The summed E-state index contributed by atoms with van der Waals surface area (Å²) in [6.07, 6.45) is 13.7. The van der Waals surface area contributed by atoms with Crippen molar-refractivity contribution in [2.75, 3.05) is 13.7 Å². The molecule has 0 saturated heterocycles. The molecule has 5 nitrogen and oxygen atoms in total. The Bertz CT molecular complexity index is 981. The molecule has 3 rings (SSSR count). The van der Waals surface area contributed by atoms with Crippen molar-refractivity contribution in [2.24, 2.45) is 0 Å². The first kappa shape index (κ1) is 18.0. The number of ether oxygens (including phenoxy) is 2. The van der Waals surface area contributed by atoms with Crippen LogP contribution in [0.1, 0.15) is 15.9 Å². The first-order chi connectivity index (χ1) is 13.2. The number of hydrogen-bond acceptors (Lipinski definition) is 4. The Labute approximate surface area is 157 Å². The van der Waals surface area contributed by atoms with Gasteiger partial charge in [0.1, 0.15) is 6.61 Å². The number of allylic oxidation sites excluding steroid dienone is 1. The molecule has 0 radical (unpaired) electrons. The predicted molar refractivity (Wildman–Crippen MR) is 104 cm³/mol. The van der Waals surface area contributed by atoms with Crippen molar-refractivity contribution in [1.82, 2.24) is 9.55 Å². The molecular weight excluding hydrogens is 340 g/mol. The Morgan fingerprint density at radius 3 is 2.70 bits per heavy atom. The van der Waals surface area contributed by atoms with Gasteiger partial charge in [-0.2, -0.15) is 0 Å². The third-order valence-corrected chi connectivity index (χ3v) is 3.88. The highest BCUT2D eigenvalue weighted by Crippen LogP contribution is 2.28. The highest BCUT2D eigenvalue weighted by atomic mass is 16.5. The maximum Gasteiger partial charge on any atom is 0.185 e. The van der Waals surface area contributed by atoms with E-state index in [1.165, 1.54) is 6.08 Å². The fraction of sp³-hybridized carbons (Fsp3) is 0.0909. The van der Waals surface area contributed by atoms with Crippen LogP contribution < -0.4 is 9.47 Å². The quantitative estimate of drug-likeness (QED) is 0.366. The van der Waals surface area contributed by atoms with E-state index in [1.807, 2.05) is 29.0 Å². The van der Waals surface area contributed by atoms with E-state index in [0.29, 0.717) is 17.1 Å². The highest BCUT2D eigenvalue weighted by molar-refractivity contribution is 6.06. The number of hydrogen-bond donors (Lipinski definition) is 0. The highest BCUT2D eigenvalue weighted by Gasteiger charge is 2.06. The summed E-state index contributed by atoms with van der Waals surface area (Å²) >= 11 is 0. The lowest BCUT2D eigenvalue weighted by molar-refractivity contribution is 0.104. The fourth-order valence-electron chi connectivity index (χ4n) is 2.50. The molecule has 2 aromatic carbocycles. The molecule has 0 bridgehead atoms. The number of ketones is 1. The molecule has 0 atom stereocenters. The van der Waals surface area contributed by atoms with Crippen LogP contribution in [0.4, 0.5) is 0 Å². The van der Waals surface area contributed by atoms with Crippen LogP contribution in [-0.2, 0) is 0 Å². The SMILES string of the molecule is C#CCOc1ccc(/C=C/C(=O)c2ccc(-n3ccnc3)cc2)cc1OC. The van der Waals surface area contributed by atoms with Gasteiger partial charge in [-0.15, -0.1) is 6.42 Å². The lowest BCUT2D eigenvalue weighted by Crippen LogP contribution is -1.97. The molecule has 0 N–H and O–H groups in total. The molecule has 3 aromatic rings. The molecule has 0 aliphatic heterocycles. The summed E-state index contributed by atoms with van der Waals surface area (Å²) in [4.78, 5) is 16.4. The second-order valence-electron chi connectivity index (χ2n) is 5.62. The van der Waals surface area contributed by atoms with Crippen LogP contribution in [0.15, 0.2) is 67.3 Å². The zero-order valence-corrected chi connectivity index (χ0v) is 14.8. The maximum atomic E-state index is 12.4. The summed E-state index contributed by atoms with van der Waals surface area (Å²) < 4.78 is 12.6. The first-order valence-corrected chi connectivity index (χ1v) is 8.26. The summed E-state index contributed by atoms with van der Waals surface area (Å²) in [5, 5.41) is 0. The third kappa shape index (κ3) is 4.44. The Balaban J connectivity index is 1.72. The molecule has 1 heterocycles. The van der Waals surface area contributed by atoms with Gasteiger partial charge in [0, 0.05) is 23.6 Å². The fourth-order valence-corrected chi connectivity index (χ4v) is 2.50. The molecule has 0 aliphatic rings. The number of benzene rings is 2. The number of rotatable bonds is 7. The Hall–Kier alpha value is -3.78. The van der Waals surface area contributed by atoms with Gasteiger partial charge in [-0.25, -0.2) is 4.98 Å². The summed E-state index contributed by atoms with van der Waals surface area (Å²) in [5.74, 6) is 3.45. The minimum absolute atomic E-state index is 0.0844. The minimum atomic E-state index is -0.0844. The lowest BCUT2D eigenvalue weighted by Gasteiger charge is -2.09. The second-order valence-corrected chi connectivity index (χ2v) is 5.62. The van der Waals surface area contributed by atoms with Crippen molar-refractivity contribution in [2.45, 2.75) is 0 Å². The molecule has 134 valence electrons. The van der Waals surface area contributed by atoms with Gasteiger partial charge in [0.2, 0.25) is 0 Å². The van der Waals surface area contributed by atoms with Crippen LogP contribution in [0.2, 0.25) is 0 Å². The minimum Gasteiger partial charge on any atom is -0.493 e.